The number of nitro groups is 2. The SMILES string of the molecule is CCOc1cc(/C=C2\SC(=O)N(CC(=O)Nc3ccc(I)cc3)C2=O)ccc1Oc1ccc([N+](=O)[O-])cc1[N+](=O)[O-]. The van der Waals surface area contributed by atoms with Gasteiger partial charge in [0.25, 0.3) is 16.8 Å². The molecule has 3 amide bonds. The number of carbonyl (C=O) groups excluding carboxylic acids is 3. The molecule has 4 rings (SSSR count). The Hall–Kier alpha value is -4.51. The largest absolute Gasteiger partial charge is 0.490 e. The van der Waals surface area contributed by atoms with Crippen LogP contribution < -0.4 is 14.8 Å². The van der Waals surface area contributed by atoms with E-state index in [2.05, 4.69) is 27.9 Å². The number of rotatable bonds is 10. The van der Waals surface area contributed by atoms with Crippen molar-refractivity contribution < 1.29 is 33.7 Å². The molecule has 0 radical (unpaired) electrons. The molecule has 0 bridgehead atoms. The van der Waals surface area contributed by atoms with Crippen molar-refractivity contribution in [3.05, 3.63) is 94.9 Å². The molecular weight excluding hydrogens is 671 g/mol. The summed E-state index contributed by atoms with van der Waals surface area (Å²) in [4.78, 5) is 59.7. The van der Waals surface area contributed by atoms with Gasteiger partial charge in [-0.25, -0.2) is 0 Å². The van der Waals surface area contributed by atoms with Gasteiger partial charge in [-0.1, -0.05) is 6.07 Å². The molecular formula is C26H19IN4O9S. The summed E-state index contributed by atoms with van der Waals surface area (Å²) in [7, 11) is 0. The van der Waals surface area contributed by atoms with Gasteiger partial charge in [0, 0.05) is 15.3 Å². The van der Waals surface area contributed by atoms with E-state index in [1.165, 1.54) is 24.3 Å². The number of ether oxygens (including phenoxy) is 2. The molecule has 3 aromatic carbocycles. The van der Waals surface area contributed by atoms with Gasteiger partial charge in [0.05, 0.1) is 27.4 Å². The number of imide groups is 1. The third-order valence-corrected chi connectivity index (χ3v) is 7.07. The van der Waals surface area contributed by atoms with Gasteiger partial charge in [0.2, 0.25) is 11.7 Å². The Morgan fingerprint density at radius 2 is 1.71 bits per heavy atom. The molecule has 3 aromatic rings. The smallest absolute Gasteiger partial charge is 0.318 e. The van der Waals surface area contributed by atoms with Gasteiger partial charge in [-0.15, -0.1) is 0 Å². The number of amides is 3. The van der Waals surface area contributed by atoms with Crippen molar-refractivity contribution in [1.82, 2.24) is 4.90 Å². The Morgan fingerprint density at radius 3 is 2.37 bits per heavy atom. The first-order valence-corrected chi connectivity index (χ1v) is 13.6. The molecule has 1 aliphatic heterocycles. The maximum atomic E-state index is 12.9. The number of anilines is 1. The van der Waals surface area contributed by atoms with E-state index in [0.29, 0.717) is 23.0 Å². The predicted octanol–water partition coefficient (Wildman–Crippen LogP) is 5.97. The first-order chi connectivity index (χ1) is 19.5. The Kier molecular flexibility index (Phi) is 9.18. The molecule has 1 heterocycles. The standard InChI is InChI=1S/C26H19IN4O9S/c1-2-39-22-11-15(3-9-21(22)40-20-10-8-18(30(35)36)13-19(20)31(37)38)12-23-25(33)29(26(34)41-23)14-24(32)28-17-6-4-16(27)5-7-17/h3-13H,2,14H2,1H3,(H,28,32)/b23-12-. The molecule has 210 valence electrons. The number of hydrogen-bond acceptors (Lipinski definition) is 10. The maximum Gasteiger partial charge on any atom is 0.318 e. The van der Waals surface area contributed by atoms with Crippen molar-refractivity contribution in [1.29, 1.82) is 0 Å². The summed E-state index contributed by atoms with van der Waals surface area (Å²) in [6.07, 6.45) is 1.45. The molecule has 41 heavy (non-hydrogen) atoms. The summed E-state index contributed by atoms with van der Waals surface area (Å²) >= 11 is 2.80. The molecule has 0 aliphatic carbocycles. The highest BCUT2D eigenvalue weighted by molar-refractivity contribution is 14.1. The van der Waals surface area contributed by atoms with E-state index < -0.39 is 44.8 Å². The minimum atomic E-state index is -0.798. The van der Waals surface area contributed by atoms with E-state index in [1.54, 1.807) is 31.2 Å². The number of thioether (sulfide) groups is 1. The molecule has 0 atom stereocenters. The summed E-state index contributed by atoms with van der Waals surface area (Å²) in [5, 5.41) is 24.5. The van der Waals surface area contributed by atoms with Crippen molar-refractivity contribution in [2.24, 2.45) is 0 Å². The number of hydrogen-bond donors (Lipinski definition) is 1. The van der Waals surface area contributed by atoms with Crippen LogP contribution in [0.4, 0.5) is 21.9 Å². The van der Waals surface area contributed by atoms with Crippen LogP contribution in [0.1, 0.15) is 12.5 Å². The van der Waals surface area contributed by atoms with E-state index in [4.69, 9.17) is 9.47 Å². The van der Waals surface area contributed by atoms with E-state index in [1.807, 2.05) is 0 Å². The molecule has 1 N–H and O–H groups in total. The monoisotopic (exact) mass is 690 g/mol. The highest BCUT2D eigenvalue weighted by Crippen LogP contribution is 2.39. The second kappa shape index (κ2) is 12.8. The lowest BCUT2D eigenvalue weighted by Crippen LogP contribution is -2.36. The van der Waals surface area contributed by atoms with E-state index >= 15 is 0 Å². The van der Waals surface area contributed by atoms with Crippen LogP contribution in [-0.4, -0.2) is 45.0 Å². The first kappa shape index (κ1) is 29.5. The van der Waals surface area contributed by atoms with E-state index in [9.17, 15) is 34.6 Å². The van der Waals surface area contributed by atoms with Gasteiger partial charge >= 0.3 is 5.69 Å². The van der Waals surface area contributed by atoms with Crippen LogP contribution in [0.15, 0.2) is 65.6 Å². The van der Waals surface area contributed by atoms with Crippen LogP contribution in [0.2, 0.25) is 0 Å². The fourth-order valence-corrected chi connectivity index (χ4v) is 4.80. The normalized spacial score (nSPS) is 13.8. The zero-order chi connectivity index (χ0) is 29.7. The molecule has 1 aliphatic rings. The summed E-state index contributed by atoms with van der Waals surface area (Å²) in [5.74, 6) is -1.15. The van der Waals surface area contributed by atoms with Gasteiger partial charge in [-0.2, -0.15) is 0 Å². The van der Waals surface area contributed by atoms with Crippen molar-refractivity contribution >= 4 is 74.5 Å². The fourth-order valence-electron chi connectivity index (χ4n) is 3.60. The first-order valence-electron chi connectivity index (χ1n) is 11.7. The van der Waals surface area contributed by atoms with Crippen molar-refractivity contribution in [2.45, 2.75) is 6.92 Å². The number of nitrogens with zero attached hydrogens (tertiary/aromatic N) is 3. The highest BCUT2D eigenvalue weighted by atomic mass is 127. The maximum absolute atomic E-state index is 12.9. The molecule has 1 saturated heterocycles. The van der Waals surface area contributed by atoms with E-state index in [-0.39, 0.29) is 28.8 Å². The summed E-state index contributed by atoms with van der Waals surface area (Å²) in [6, 6.07) is 14.5. The van der Waals surface area contributed by atoms with Crippen LogP contribution >= 0.6 is 34.4 Å². The lowest BCUT2D eigenvalue weighted by molar-refractivity contribution is -0.394. The van der Waals surface area contributed by atoms with Crippen LogP contribution in [0, 0.1) is 23.8 Å². The average molecular weight is 690 g/mol. The van der Waals surface area contributed by atoms with Crippen LogP contribution in [0.3, 0.4) is 0 Å². The minimum Gasteiger partial charge on any atom is -0.490 e. The Balaban J connectivity index is 1.53. The van der Waals surface area contributed by atoms with Crippen LogP contribution in [0.5, 0.6) is 17.2 Å². The lowest BCUT2D eigenvalue weighted by atomic mass is 10.1. The Labute approximate surface area is 249 Å². The second-order valence-electron chi connectivity index (χ2n) is 8.23. The predicted molar refractivity (Wildman–Crippen MR) is 158 cm³/mol. The number of nitro benzene ring substituents is 2. The van der Waals surface area contributed by atoms with Crippen LogP contribution in [-0.2, 0) is 9.59 Å². The average Bonchev–Trinajstić information content (AvgIpc) is 3.18. The third kappa shape index (κ3) is 7.17. The van der Waals surface area contributed by atoms with Crippen LogP contribution in [0.25, 0.3) is 6.08 Å². The molecule has 1 fully saturated rings. The van der Waals surface area contributed by atoms with Crippen molar-refractivity contribution in [3.8, 4) is 17.2 Å². The number of halogens is 1. The quantitative estimate of drug-likeness (QED) is 0.116. The van der Waals surface area contributed by atoms with Crippen molar-refractivity contribution in [2.75, 3.05) is 18.5 Å². The molecule has 0 aromatic heterocycles. The molecule has 15 heteroatoms. The van der Waals surface area contributed by atoms with E-state index in [0.717, 1.165) is 26.7 Å². The number of nitrogens with one attached hydrogen (secondary N) is 1. The Morgan fingerprint density at radius 1 is 1.00 bits per heavy atom. The van der Waals surface area contributed by atoms with Gasteiger partial charge in [-0.05, 0) is 95.4 Å². The summed E-state index contributed by atoms with van der Waals surface area (Å²) in [5.41, 5.74) is -0.0910. The van der Waals surface area contributed by atoms with Gasteiger partial charge in [0.1, 0.15) is 6.54 Å². The van der Waals surface area contributed by atoms with Gasteiger partial charge in [0.15, 0.2) is 11.5 Å². The number of carbonyl (C=O) groups is 3. The summed E-state index contributed by atoms with van der Waals surface area (Å²) < 4.78 is 12.3. The molecule has 13 nitrogen and oxygen atoms in total. The number of non-ortho nitro benzene ring substituents is 1. The second-order valence-corrected chi connectivity index (χ2v) is 10.5. The molecule has 0 saturated carbocycles. The fraction of sp³-hybridized carbons (Fsp3) is 0.115. The molecule has 0 spiro atoms. The highest BCUT2D eigenvalue weighted by Gasteiger charge is 2.36. The van der Waals surface area contributed by atoms with Gasteiger partial charge < -0.3 is 14.8 Å². The minimum absolute atomic E-state index is 0.0826. The topological polar surface area (TPSA) is 171 Å². The molecule has 0 unspecified atom stereocenters. The number of benzene rings is 3. The zero-order valence-corrected chi connectivity index (χ0v) is 24.0. The van der Waals surface area contributed by atoms with Crippen molar-refractivity contribution in [3.63, 3.8) is 0 Å². The third-order valence-electron chi connectivity index (χ3n) is 5.44. The summed E-state index contributed by atoms with van der Waals surface area (Å²) in [6.45, 7) is 1.45. The lowest BCUT2D eigenvalue weighted by Gasteiger charge is -2.13. The Bertz CT molecular complexity index is 1590. The zero-order valence-electron chi connectivity index (χ0n) is 21.1. The van der Waals surface area contributed by atoms with Gasteiger partial charge in [-0.3, -0.25) is 39.5 Å².